The van der Waals surface area contributed by atoms with Crippen LogP contribution in [0.2, 0.25) is 0 Å². The van der Waals surface area contributed by atoms with Crippen LogP contribution in [0.5, 0.6) is 0 Å². The molecule has 5 atom stereocenters. The van der Waals surface area contributed by atoms with E-state index in [2.05, 4.69) is 20.1 Å². The monoisotopic (exact) mass is 517 g/mol. The fraction of sp³-hybridized carbons (Fsp3) is 0.759. The molecule has 0 radical (unpaired) electrons. The number of ether oxygens (including phenoxy) is 1. The highest BCUT2D eigenvalue weighted by molar-refractivity contribution is 5.99. The van der Waals surface area contributed by atoms with Gasteiger partial charge in [-0.05, 0) is 39.0 Å². The van der Waals surface area contributed by atoms with Crippen molar-refractivity contribution in [2.45, 2.75) is 88.9 Å². The van der Waals surface area contributed by atoms with Gasteiger partial charge in [0.05, 0.1) is 17.4 Å². The van der Waals surface area contributed by atoms with E-state index >= 15 is 0 Å². The third kappa shape index (κ3) is 5.51. The van der Waals surface area contributed by atoms with Crippen LogP contribution in [-0.4, -0.2) is 94.6 Å². The first kappa shape index (κ1) is 29.4. The number of amides is 3. The van der Waals surface area contributed by atoms with Crippen LogP contribution in [0.1, 0.15) is 71.6 Å². The maximum absolute atomic E-state index is 14.2. The number of aliphatic hydroxyl groups excluding tert-OH is 1. The average molecular weight is 518 g/mol. The molecule has 3 aliphatic heterocycles. The van der Waals surface area contributed by atoms with E-state index in [0.717, 1.165) is 44.9 Å². The van der Waals surface area contributed by atoms with Crippen LogP contribution >= 0.6 is 0 Å². The molecule has 3 heterocycles. The molecule has 3 amide bonds. The van der Waals surface area contributed by atoms with Gasteiger partial charge in [0.15, 0.2) is 0 Å². The van der Waals surface area contributed by atoms with Crippen molar-refractivity contribution in [2.24, 2.45) is 11.8 Å². The van der Waals surface area contributed by atoms with Crippen molar-refractivity contribution in [1.29, 1.82) is 0 Å². The molecule has 0 aromatic rings. The lowest BCUT2D eigenvalue weighted by atomic mass is 9.66. The summed E-state index contributed by atoms with van der Waals surface area (Å²) in [5.41, 5.74) is -1.77. The second-order valence-electron chi connectivity index (χ2n) is 11.2. The molecule has 1 spiro atoms. The number of rotatable bonds is 16. The summed E-state index contributed by atoms with van der Waals surface area (Å²) >= 11 is 0. The number of aliphatic hydroxyl groups is 1. The number of carbonyl (C=O) groups excluding carboxylic acids is 3. The number of hydrogen-bond donors (Lipinski definition) is 1. The van der Waals surface area contributed by atoms with Crippen LogP contribution in [0.15, 0.2) is 25.3 Å². The van der Waals surface area contributed by atoms with Crippen molar-refractivity contribution >= 4 is 17.7 Å². The van der Waals surface area contributed by atoms with Crippen LogP contribution < -0.4 is 0 Å². The van der Waals surface area contributed by atoms with Gasteiger partial charge >= 0.3 is 0 Å². The Bertz CT molecular complexity index is 862. The van der Waals surface area contributed by atoms with Gasteiger partial charge in [0.1, 0.15) is 11.6 Å². The fourth-order valence-electron chi connectivity index (χ4n) is 6.76. The maximum Gasteiger partial charge on any atom is 0.248 e. The van der Waals surface area contributed by atoms with Gasteiger partial charge in [-0.3, -0.25) is 14.4 Å². The van der Waals surface area contributed by atoms with Crippen molar-refractivity contribution in [3.63, 3.8) is 0 Å². The molecule has 8 nitrogen and oxygen atoms in total. The Hall–Kier alpha value is -2.19. The average Bonchev–Trinajstić information content (AvgIpc) is 3.43. The normalized spacial score (nSPS) is 29.9. The van der Waals surface area contributed by atoms with Crippen molar-refractivity contribution in [1.82, 2.24) is 14.7 Å². The highest BCUT2D eigenvalue weighted by atomic mass is 16.5. The molecule has 8 heteroatoms. The van der Waals surface area contributed by atoms with E-state index in [9.17, 15) is 14.4 Å². The van der Waals surface area contributed by atoms with Gasteiger partial charge in [-0.15, -0.1) is 13.2 Å². The molecule has 0 aromatic heterocycles. The van der Waals surface area contributed by atoms with Gasteiger partial charge in [0.25, 0.3) is 0 Å². The molecule has 3 rings (SSSR count). The van der Waals surface area contributed by atoms with Crippen LogP contribution in [0.25, 0.3) is 0 Å². The molecule has 0 saturated carbocycles. The summed E-state index contributed by atoms with van der Waals surface area (Å²) in [6.45, 7) is 13.7. The Morgan fingerprint density at radius 1 is 1.08 bits per heavy atom. The standard InChI is InChI=1S/C29H47N3O5/c1-6-9-12-19-31(18-8-3)27(36)24-29-16-15-28(4,37-29)22(25(34)30(5)17-7-2)23(29)26(35)32(24)20-13-10-11-14-21-33/h7-8,22-24,33H,2-3,6,9-21H2,1,4-5H3/t22-,23-,24?,28+,29?/m0/s1. The van der Waals surface area contributed by atoms with E-state index in [1.54, 1.807) is 29.0 Å². The minimum absolute atomic E-state index is 0.0981. The quantitative estimate of drug-likeness (QED) is 0.251. The number of carbonyl (C=O) groups is 3. The van der Waals surface area contributed by atoms with E-state index < -0.39 is 29.1 Å². The lowest BCUT2D eigenvalue weighted by molar-refractivity contribution is -0.153. The molecular weight excluding hydrogens is 470 g/mol. The number of nitrogens with zero attached hydrogens (tertiary/aromatic N) is 3. The van der Waals surface area contributed by atoms with Gasteiger partial charge < -0.3 is 24.5 Å². The number of hydrogen-bond acceptors (Lipinski definition) is 5. The first-order valence-corrected chi connectivity index (χ1v) is 14.1. The van der Waals surface area contributed by atoms with E-state index in [0.29, 0.717) is 39.0 Å². The van der Waals surface area contributed by atoms with Crippen LogP contribution in [0.4, 0.5) is 0 Å². The maximum atomic E-state index is 14.2. The second kappa shape index (κ2) is 12.6. The lowest BCUT2D eigenvalue weighted by Gasteiger charge is -2.37. The number of likely N-dealkylation sites (N-methyl/N-ethyl adjacent to an activating group) is 1. The van der Waals surface area contributed by atoms with Crippen molar-refractivity contribution in [2.75, 3.05) is 39.8 Å². The van der Waals surface area contributed by atoms with E-state index in [1.807, 2.05) is 11.8 Å². The minimum atomic E-state index is -0.993. The molecule has 2 unspecified atom stereocenters. The molecule has 1 N–H and O–H groups in total. The molecule has 0 aromatic carbocycles. The fourth-order valence-corrected chi connectivity index (χ4v) is 6.76. The minimum Gasteiger partial charge on any atom is -0.396 e. The zero-order chi connectivity index (χ0) is 27.2. The van der Waals surface area contributed by atoms with Gasteiger partial charge in [-0.25, -0.2) is 0 Å². The molecule has 2 bridgehead atoms. The number of unbranched alkanes of at least 4 members (excludes halogenated alkanes) is 5. The predicted molar refractivity (Wildman–Crippen MR) is 144 cm³/mol. The molecule has 0 aliphatic carbocycles. The Labute approximate surface area is 222 Å². The SMILES string of the molecule is C=CCN(C)C(=O)[C@@H]1[C@H]2C(=O)N(CCCCCCO)C(C(=O)N(CC=C)CCCCC)C23CC[C@@]1(C)O3. The molecule has 3 saturated heterocycles. The van der Waals surface area contributed by atoms with Crippen molar-refractivity contribution < 1.29 is 24.2 Å². The Morgan fingerprint density at radius 2 is 1.78 bits per heavy atom. The zero-order valence-electron chi connectivity index (χ0n) is 23.1. The van der Waals surface area contributed by atoms with Crippen LogP contribution in [-0.2, 0) is 19.1 Å². The van der Waals surface area contributed by atoms with Crippen LogP contribution in [0, 0.1) is 11.8 Å². The van der Waals surface area contributed by atoms with E-state index in [4.69, 9.17) is 9.84 Å². The second-order valence-corrected chi connectivity index (χ2v) is 11.2. The summed E-state index contributed by atoms with van der Waals surface area (Å²) < 4.78 is 6.72. The predicted octanol–water partition coefficient (Wildman–Crippen LogP) is 3.15. The number of fused-ring (bicyclic) bond motifs is 1. The topological polar surface area (TPSA) is 90.4 Å². The van der Waals surface area contributed by atoms with Gasteiger partial charge in [-0.2, -0.15) is 0 Å². The molecule has 3 aliphatic rings. The van der Waals surface area contributed by atoms with Gasteiger partial charge in [0.2, 0.25) is 17.7 Å². The van der Waals surface area contributed by atoms with Crippen molar-refractivity contribution in [3.05, 3.63) is 25.3 Å². The van der Waals surface area contributed by atoms with Crippen molar-refractivity contribution in [3.8, 4) is 0 Å². The highest BCUT2D eigenvalue weighted by Gasteiger charge is 2.78. The molecule has 208 valence electrons. The Morgan fingerprint density at radius 3 is 2.43 bits per heavy atom. The summed E-state index contributed by atoms with van der Waals surface area (Å²) in [5.74, 6) is -1.65. The van der Waals surface area contributed by atoms with Gasteiger partial charge in [-0.1, -0.05) is 44.8 Å². The smallest absolute Gasteiger partial charge is 0.248 e. The molecular formula is C29H47N3O5. The zero-order valence-corrected chi connectivity index (χ0v) is 23.1. The summed E-state index contributed by atoms with van der Waals surface area (Å²) in [7, 11) is 1.73. The Balaban J connectivity index is 1.97. The number of likely N-dealkylation sites (tertiary alicyclic amines) is 1. The molecule has 37 heavy (non-hydrogen) atoms. The van der Waals surface area contributed by atoms with Crippen LogP contribution in [0.3, 0.4) is 0 Å². The third-order valence-electron chi connectivity index (χ3n) is 8.56. The highest BCUT2D eigenvalue weighted by Crippen LogP contribution is 2.63. The van der Waals surface area contributed by atoms with Gasteiger partial charge in [0, 0.05) is 39.8 Å². The summed E-state index contributed by atoms with van der Waals surface area (Å²) in [6, 6.07) is -0.742. The summed E-state index contributed by atoms with van der Waals surface area (Å²) in [5, 5.41) is 9.12. The summed E-state index contributed by atoms with van der Waals surface area (Å²) in [4.78, 5) is 47.1. The Kier molecular flexibility index (Phi) is 9.98. The lowest BCUT2D eigenvalue weighted by Crippen LogP contribution is -2.56. The summed E-state index contributed by atoms with van der Waals surface area (Å²) in [6.07, 6.45) is 10.8. The first-order valence-electron chi connectivity index (χ1n) is 14.1. The largest absolute Gasteiger partial charge is 0.396 e. The first-order chi connectivity index (χ1) is 17.7. The third-order valence-corrected chi connectivity index (χ3v) is 8.56. The molecule has 3 fully saturated rings. The van der Waals surface area contributed by atoms with E-state index in [-0.39, 0.29) is 24.3 Å². The van der Waals surface area contributed by atoms with E-state index in [1.165, 1.54) is 0 Å².